The second kappa shape index (κ2) is 6.93. The summed E-state index contributed by atoms with van der Waals surface area (Å²) in [6.07, 6.45) is 7.10. The van der Waals surface area contributed by atoms with Gasteiger partial charge in [0.1, 0.15) is 11.9 Å². The lowest BCUT2D eigenvalue weighted by molar-refractivity contribution is -0.186. The third-order valence-electron chi connectivity index (χ3n) is 4.73. The van der Waals surface area contributed by atoms with Gasteiger partial charge in [-0.25, -0.2) is 4.79 Å². The molecule has 1 atom stereocenters. The average Bonchev–Trinajstić information content (AvgIpc) is 3.13. The van der Waals surface area contributed by atoms with Crippen LogP contribution < -0.4 is 5.32 Å². The second-order valence-electron chi connectivity index (χ2n) is 6.57. The molecule has 128 valence electrons. The van der Waals surface area contributed by atoms with Crippen LogP contribution in [-0.4, -0.2) is 43.0 Å². The van der Waals surface area contributed by atoms with E-state index in [1.165, 1.54) is 6.42 Å². The summed E-state index contributed by atoms with van der Waals surface area (Å²) in [5.74, 6) is 0.462. The number of nitrogens with zero attached hydrogens (tertiary/aromatic N) is 1. The number of furan rings is 1. The Morgan fingerprint density at radius 3 is 2.87 bits per heavy atom. The van der Waals surface area contributed by atoms with Crippen LogP contribution in [0.1, 0.15) is 43.4 Å². The van der Waals surface area contributed by atoms with E-state index in [-0.39, 0.29) is 17.9 Å². The van der Waals surface area contributed by atoms with Crippen molar-refractivity contribution in [1.29, 1.82) is 0 Å². The number of hydrogen-bond acceptors (Lipinski definition) is 4. The fraction of sp³-hybridized carbons (Fsp3) is 0.706. The van der Waals surface area contributed by atoms with E-state index in [1.807, 2.05) is 13.0 Å². The molecule has 1 aliphatic carbocycles. The van der Waals surface area contributed by atoms with Crippen LogP contribution >= 0.6 is 0 Å². The predicted molar refractivity (Wildman–Crippen MR) is 85.0 cm³/mol. The summed E-state index contributed by atoms with van der Waals surface area (Å²) in [4.78, 5) is 13.8. The van der Waals surface area contributed by atoms with Gasteiger partial charge in [0.25, 0.3) is 0 Å². The number of carbonyl (C=O) groups excluding carboxylic acids is 1. The highest BCUT2D eigenvalue weighted by molar-refractivity contribution is 5.73. The van der Waals surface area contributed by atoms with E-state index in [1.54, 1.807) is 18.2 Å². The van der Waals surface area contributed by atoms with Crippen molar-refractivity contribution in [3.05, 3.63) is 23.7 Å². The van der Waals surface area contributed by atoms with E-state index >= 15 is 0 Å². The highest BCUT2D eigenvalue weighted by Gasteiger charge is 2.42. The van der Waals surface area contributed by atoms with Gasteiger partial charge >= 0.3 is 6.03 Å². The van der Waals surface area contributed by atoms with Crippen molar-refractivity contribution < 1.29 is 18.7 Å². The number of carbonyl (C=O) groups is 1. The fourth-order valence-electron chi connectivity index (χ4n) is 3.31. The third-order valence-corrected chi connectivity index (χ3v) is 4.73. The van der Waals surface area contributed by atoms with Crippen LogP contribution in [0.5, 0.6) is 0 Å². The minimum atomic E-state index is -0.381. The Morgan fingerprint density at radius 2 is 2.17 bits per heavy atom. The summed E-state index contributed by atoms with van der Waals surface area (Å²) in [5, 5.41) is 2.93. The van der Waals surface area contributed by atoms with Crippen molar-refractivity contribution in [3.8, 4) is 0 Å². The SMILES string of the molecule is Cc1occc1CN(C)C(=O)NC[C@H]1COC2(CCCCC2)O1. The summed E-state index contributed by atoms with van der Waals surface area (Å²) in [6.45, 7) is 3.47. The number of nitrogens with one attached hydrogen (secondary N) is 1. The van der Waals surface area contributed by atoms with E-state index in [2.05, 4.69) is 5.32 Å². The first kappa shape index (κ1) is 16.3. The highest BCUT2D eigenvalue weighted by atomic mass is 16.7. The molecule has 2 aliphatic rings. The van der Waals surface area contributed by atoms with E-state index in [0.717, 1.165) is 37.0 Å². The molecule has 0 unspecified atom stereocenters. The largest absolute Gasteiger partial charge is 0.469 e. The zero-order chi connectivity index (χ0) is 16.3. The lowest BCUT2D eigenvalue weighted by atomic mass is 9.94. The van der Waals surface area contributed by atoms with Gasteiger partial charge in [-0.3, -0.25) is 0 Å². The van der Waals surface area contributed by atoms with Gasteiger partial charge in [0.05, 0.1) is 19.4 Å². The van der Waals surface area contributed by atoms with E-state index in [9.17, 15) is 4.79 Å². The number of ether oxygens (including phenoxy) is 2. The van der Waals surface area contributed by atoms with Crippen LogP contribution in [0.2, 0.25) is 0 Å². The van der Waals surface area contributed by atoms with Gasteiger partial charge < -0.3 is 24.1 Å². The van der Waals surface area contributed by atoms with Crippen LogP contribution in [0.25, 0.3) is 0 Å². The number of hydrogen-bond donors (Lipinski definition) is 1. The molecule has 3 rings (SSSR count). The Bertz CT molecular complexity index is 536. The van der Waals surface area contributed by atoms with Gasteiger partial charge in [-0.2, -0.15) is 0 Å². The topological polar surface area (TPSA) is 63.9 Å². The Morgan fingerprint density at radius 1 is 1.39 bits per heavy atom. The summed E-state index contributed by atoms with van der Waals surface area (Å²) in [5.41, 5.74) is 1.02. The molecule has 0 bridgehead atoms. The maximum atomic E-state index is 12.2. The Hall–Kier alpha value is -1.53. The van der Waals surface area contributed by atoms with E-state index in [4.69, 9.17) is 13.9 Å². The third kappa shape index (κ3) is 3.87. The molecular formula is C17H26N2O4. The molecule has 2 amide bonds. The Labute approximate surface area is 137 Å². The molecule has 1 aliphatic heterocycles. The Balaban J connectivity index is 1.43. The molecule has 23 heavy (non-hydrogen) atoms. The molecule has 1 aromatic rings. The lowest BCUT2D eigenvalue weighted by Crippen LogP contribution is -2.42. The molecule has 0 aromatic carbocycles. The number of aryl methyl sites for hydroxylation is 1. The molecule has 1 saturated heterocycles. The number of urea groups is 1. The zero-order valence-electron chi connectivity index (χ0n) is 14.0. The Kier molecular flexibility index (Phi) is 4.92. The van der Waals surface area contributed by atoms with Crippen molar-refractivity contribution in [2.45, 2.75) is 57.5 Å². The van der Waals surface area contributed by atoms with Crippen molar-refractivity contribution >= 4 is 6.03 Å². The first-order valence-corrected chi connectivity index (χ1v) is 8.42. The van der Waals surface area contributed by atoms with Gasteiger partial charge in [-0.1, -0.05) is 6.42 Å². The number of rotatable bonds is 4. The maximum absolute atomic E-state index is 12.2. The van der Waals surface area contributed by atoms with Crippen LogP contribution in [-0.2, 0) is 16.0 Å². The van der Waals surface area contributed by atoms with Gasteiger partial charge in [-0.05, 0) is 25.8 Å². The summed E-state index contributed by atoms with van der Waals surface area (Å²) >= 11 is 0. The fourth-order valence-corrected chi connectivity index (χ4v) is 3.31. The molecule has 1 N–H and O–H groups in total. The first-order chi connectivity index (χ1) is 11.1. The minimum absolute atomic E-state index is 0.0545. The first-order valence-electron chi connectivity index (χ1n) is 8.42. The van der Waals surface area contributed by atoms with Crippen molar-refractivity contribution in [1.82, 2.24) is 10.2 Å². The van der Waals surface area contributed by atoms with Crippen molar-refractivity contribution in [2.24, 2.45) is 0 Å². The molecular weight excluding hydrogens is 296 g/mol. The molecule has 6 heteroatoms. The van der Waals surface area contributed by atoms with Gasteiger partial charge in [0.2, 0.25) is 0 Å². The van der Waals surface area contributed by atoms with Crippen LogP contribution in [0.15, 0.2) is 16.7 Å². The molecule has 2 fully saturated rings. The van der Waals surface area contributed by atoms with Crippen molar-refractivity contribution in [3.63, 3.8) is 0 Å². The number of amides is 2. The monoisotopic (exact) mass is 322 g/mol. The highest BCUT2D eigenvalue weighted by Crippen LogP contribution is 2.37. The smallest absolute Gasteiger partial charge is 0.317 e. The quantitative estimate of drug-likeness (QED) is 0.926. The summed E-state index contributed by atoms with van der Waals surface area (Å²) in [7, 11) is 1.77. The zero-order valence-corrected chi connectivity index (χ0v) is 14.0. The van der Waals surface area contributed by atoms with E-state index in [0.29, 0.717) is 19.7 Å². The van der Waals surface area contributed by atoms with Crippen molar-refractivity contribution in [2.75, 3.05) is 20.2 Å². The second-order valence-corrected chi connectivity index (χ2v) is 6.57. The van der Waals surface area contributed by atoms with Crippen LogP contribution in [0.4, 0.5) is 4.79 Å². The molecule has 1 saturated carbocycles. The molecule has 6 nitrogen and oxygen atoms in total. The molecule has 2 heterocycles. The van der Waals surface area contributed by atoms with Gasteiger partial charge in [0, 0.05) is 32.0 Å². The normalized spacial score (nSPS) is 23.1. The van der Waals surface area contributed by atoms with Crippen LogP contribution in [0, 0.1) is 6.92 Å². The van der Waals surface area contributed by atoms with E-state index < -0.39 is 0 Å². The summed E-state index contributed by atoms with van der Waals surface area (Å²) in [6, 6.07) is 1.78. The average molecular weight is 322 g/mol. The predicted octanol–water partition coefficient (Wildman–Crippen LogP) is 2.81. The molecule has 1 aromatic heterocycles. The lowest BCUT2D eigenvalue weighted by Gasteiger charge is -2.31. The molecule has 0 radical (unpaired) electrons. The minimum Gasteiger partial charge on any atom is -0.469 e. The maximum Gasteiger partial charge on any atom is 0.317 e. The van der Waals surface area contributed by atoms with Gasteiger partial charge in [0.15, 0.2) is 5.79 Å². The molecule has 1 spiro atoms. The summed E-state index contributed by atoms with van der Waals surface area (Å²) < 4.78 is 17.2. The standard InChI is InChI=1S/C17H26N2O4/c1-13-14(6-9-21-13)11-19(2)16(20)18-10-15-12-22-17(23-15)7-4-3-5-8-17/h6,9,15H,3-5,7-8,10-12H2,1-2H3,(H,18,20)/t15-/m0/s1. The van der Waals surface area contributed by atoms with Crippen LogP contribution in [0.3, 0.4) is 0 Å². The van der Waals surface area contributed by atoms with Gasteiger partial charge in [-0.15, -0.1) is 0 Å².